The lowest BCUT2D eigenvalue weighted by Gasteiger charge is -2.37. The highest BCUT2D eigenvalue weighted by Gasteiger charge is 2.26. The maximum Gasteiger partial charge on any atom is 0.269 e. The summed E-state index contributed by atoms with van der Waals surface area (Å²) in [7, 11) is 0. The summed E-state index contributed by atoms with van der Waals surface area (Å²) in [6, 6.07) is 19.3. The molecule has 34 heavy (non-hydrogen) atoms. The molecule has 0 unspecified atom stereocenters. The van der Waals surface area contributed by atoms with Crippen LogP contribution in [0, 0.1) is 5.92 Å². The van der Waals surface area contributed by atoms with Gasteiger partial charge in [-0.1, -0.05) is 32.0 Å². The van der Waals surface area contributed by atoms with E-state index in [4.69, 9.17) is 15.6 Å². The number of carbonyl (C=O) groups is 1. The second-order valence-corrected chi connectivity index (χ2v) is 8.81. The van der Waals surface area contributed by atoms with Crippen LogP contribution in [0.3, 0.4) is 0 Å². The maximum absolute atomic E-state index is 12.5. The van der Waals surface area contributed by atoms with Gasteiger partial charge in [0.05, 0.1) is 11.4 Å². The van der Waals surface area contributed by atoms with Gasteiger partial charge in [-0.05, 0) is 48.4 Å². The van der Waals surface area contributed by atoms with Crippen molar-refractivity contribution in [3.63, 3.8) is 0 Å². The molecule has 3 heterocycles. The molecule has 4 aromatic rings. The summed E-state index contributed by atoms with van der Waals surface area (Å²) in [6.07, 6.45) is 1.72. The molecule has 0 aliphatic carbocycles. The lowest BCUT2D eigenvalue weighted by atomic mass is 10.0. The quantitative estimate of drug-likeness (QED) is 0.459. The molecule has 0 radical (unpaired) electrons. The van der Waals surface area contributed by atoms with Gasteiger partial charge in [-0.3, -0.25) is 9.78 Å². The third-order valence-corrected chi connectivity index (χ3v) is 6.18. The number of nitrogens with two attached hydrogens (primary N) is 1. The minimum Gasteiger partial charge on any atom is -0.457 e. The van der Waals surface area contributed by atoms with Gasteiger partial charge in [0.1, 0.15) is 22.5 Å². The van der Waals surface area contributed by atoms with E-state index >= 15 is 0 Å². The van der Waals surface area contributed by atoms with Gasteiger partial charge in [0.25, 0.3) is 5.91 Å². The molecule has 8 heteroatoms. The highest BCUT2D eigenvalue weighted by atomic mass is 16.5. The van der Waals surface area contributed by atoms with Gasteiger partial charge in [0.15, 0.2) is 5.69 Å². The molecule has 3 N–H and O–H groups in total. The number of amides is 1. The van der Waals surface area contributed by atoms with Crippen LogP contribution in [0.4, 0.5) is 5.69 Å². The zero-order valence-corrected chi connectivity index (χ0v) is 19.3. The topological polar surface area (TPSA) is 98.3 Å². The molecule has 5 rings (SSSR count). The van der Waals surface area contributed by atoms with E-state index in [1.54, 1.807) is 10.9 Å². The van der Waals surface area contributed by atoms with Gasteiger partial charge in [-0.2, -0.15) is 5.10 Å². The average Bonchev–Trinajstić information content (AvgIpc) is 3.25. The molecule has 0 saturated carbocycles. The number of anilines is 1. The van der Waals surface area contributed by atoms with Crippen LogP contribution in [0.15, 0.2) is 66.9 Å². The van der Waals surface area contributed by atoms with Crippen molar-refractivity contribution in [1.82, 2.24) is 20.1 Å². The number of hydrogen-bond donors (Lipinski definition) is 2. The van der Waals surface area contributed by atoms with Crippen molar-refractivity contribution in [3.8, 4) is 17.2 Å². The van der Waals surface area contributed by atoms with Crippen LogP contribution in [0.2, 0.25) is 0 Å². The number of piperazine rings is 1. The van der Waals surface area contributed by atoms with E-state index in [9.17, 15) is 4.79 Å². The van der Waals surface area contributed by atoms with Crippen LogP contribution in [-0.2, 0) is 0 Å². The average molecular weight is 457 g/mol. The fourth-order valence-corrected chi connectivity index (χ4v) is 4.35. The van der Waals surface area contributed by atoms with E-state index in [0.29, 0.717) is 34.4 Å². The molecule has 1 aliphatic heterocycles. The largest absolute Gasteiger partial charge is 0.457 e. The van der Waals surface area contributed by atoms with Crippen LogP contribution in [0.25, 0.3) is 16.7 Å². The minimum absolute atomic E-state index is 0.268. The first-order chi connectivity index (χ1) is 16.5. The number of hydrogen-bond acceptors (Lipinski definition) is 6. The summed E-state index contributed by atoms with van der Waals surface area (Å²) in [5.74, 6) is 1.38. The molecule has 8 nitrogen and oxygen atoms in total. The predicted octanol–water partition coefficient (Wildman–Crippen LogP) is 3.75. The lowest BCUT2D eigenvalue weighted by Crippen LogP contribution is -2.53. The molecule has 0 spiro atoms. The van der Waals surface area contributed by atoms with Crippen LogP contribution >= 0.6 is 0 Å². The molecule has 2 aromatic carbocycles. The molecule has 1 fully saturated rings. The Morgan fingerprint density at radius 1 is 1.06 bits per heavy atom. The molecular formula is C26H28N6O2. The number of nitrogens with zero attached hydrogens (tertiary/aromatic N) is 4. The molecule has 1 saturated heterocycles. The summed E-state index contributed by atoms with van der Waals surface area (Å²) < 4.78 is 7.47. The van der Waals surface area contributed by atoms with Gasteiger partial charge in [0.2, 0.25) is 0 Å². The van der Waals surface area contributed by atoms with Gasteiger partial charge in [0, 0.05) is 31.9 Å². The Bertz CT molecular complexity index is 1300. The third kappa shape index (κ3) is 4.20. The first-order valence-corrected chi connectivity index (χ1v) is 11.5. The van der Waals surface area contributed by atoms with Crippen LogP contribution < -0.4 is 20.7 Å². The number of ether oxygens (including phenoxy) is 1. The monoisotopic (exact) mass is 456 g/mol. The predicted molar refractivity (Wildman–Crippen MR) is 133 cm³/mol. The summed E-state index contributed by atoms with van der Waals surface area (Å²) in [5, 5.41) is 8.39. The van der Waals surface area contributed by atoms with E-state index in [1.807, 2.05) is 60.7 Å². The zero-order valence-electron chi connectivity index (χ0n) is 19.3. The van der Waals surface area contributed by atoms with E-state index in [0.717, 1.165) is 31.1 Å². The summed E-state index contributed by atoms with van der Waals surface area (Å²) in [4.78, 5) is 19.3. The molecule has 1 atom stereocenters. The van der Waals surface area contributed by atoms with Crippen LogP contribution in [0.5, 0.6) is 11.5 Å². The highest BCUT2D eigenvalue weighted by molar-refractivity contribution is 6.06. The van der Waals surface area contributed by atoms with Gasteiger partial charge in [-0.15, -0.1) is 0 Å². The standard InChI is InChI=1S/C26H28N6O2/c1-17(2)21-16-31(15-14-28-21)22-12-13-29-24-23(22)30-32(25(24)26(27)33)18-8-10-20(11-9-18)34-19-6-4-3-5-7-19/h3-13,17,21,28H,14-16H2,1-2H3,(H2,27,33)/t21-/m0/s1. The Balaban J connectivity index is 1.52. The van der Waals surface area contributed by atoms with E-state index in [2.05, 4.69) is 29.0 Å². The van der Waals surface area contributed by atoms with Crippen molar-refractivity contribution >= 4 is 22.6 Å². The Kier molecular flexibility index (Phi) is 5.90. The van der Waals surface area contributed by atoms with Crippen molar-refractivity contribution in [2.75, 3.05) is 24.5 Å². The van der Waals surface area contributed by atoms with E-state index in [1.165, 1.54) is 0 Å². The second-order valence-electron chi connectivity index (χ2n) is 8.81. The first kappa shape index (κ1) is 21.9. The molecule has 1 amide bonds. The SMILES string of the molecule is CC(C)[C@@H]1CN(c2ccnc3c(C(N)=O)n(-c4ccc(Oc5ccccc5)cc4)nc23)CCN1. The van der Waals surface area contributed by atoms with E-state index in [-0.39, 0.29) is 5.69 Å². The van der Waals surface area contributed by atoms with Crippen molar-refractivity contribution in [1.29, 1.82) is 0 Å². The molecule has 0 bridgehead atoms. The second kappa shape index (κ2) is 9.15. The van der Waals surface area contributed by atoms with Crippen LogP contribution in [-0.4, -0.2) is 46.3 Å². The Hall–Kier alpha value is -3.91. The molecule has 2 aromatic heterocycles. The number of nitrogens with one attached hydrogen (secondary N) is 1. The number of fused-ring (bicyclic) bond motifs is 1. The molecule has 174 valence electrons. The van der Waals surface area contributed by atoms with Crippen LogP contribution in [0.1, 0.15) is 24.3 Å². The van der Waals surface area contributed by atoms with Crippen molar-refractivity contribution < 1.29 is 9.53 Å². The number of benzene rings is 2. The minimum atomic E-state index is -0.572. The first-order valence-electron chi connectivity index (χ1n) is 11.5. The number of rotatable bonds is 6. The summed E-state index contributed by atoms with van der Waals surface area (Å²) >= 11 is 0. The zero-order chi connectivity index (χ0) is 23.7. The molecule has 1 aliphatic rings. The Morgan fingerprint density at radius 3 is 2.50 bits per heavy atom. The third-order valence-electron chi connectivity index (χ3n) is 6.18. The van der Waals surface area contributed by atoms with Gasteiger partial charge in [-0.25, -0.2) is 4.68 Å². The lowest BCUT2D eigenvalue weighted by molar-refractivity contribution is 0.0994. The summed E-state index contributed by atoms with van der Waals surface area (Å²) in [5.41, 5.74) is 8.91. The van der Waals surface area contributed by atoms with Gasteiger partial charge >= 0.3 is 0 Å². The normalized spacial score (nSPS) is 16.2. The Labute approximate surface area is 198 Å². The maximum atomic E-state index is 12.5. The number of aromatic nitrogens is 3. The van der Waals surface area contributed by atoms with Crippen molar-refractivity contribution in [3.05, 3.63) is 72.6 Å². The fourth-order valence-electron chi connectivity index (χ4n) is 4.35. The number of carbonyl (C=O) groups excluding carboxylic acids is 1. The summed E-state index contributed by atoms with van der Waals surface area (Å²) in [6.45, 7) is 7.04. The molecular weight excluding hydrogens is 428 g/mol. The van der Waals surface area contributed by atoms with Crippen molar-refractivity contribution in [2.24, 2.45) is 11.7 Å². The number of primary amides is 1. The van der Waals surface area contributed by atoms with Crippen molar-refractivity contribution in [2.45, 2.75) is 19.9 Å². The number of pyridine rings is 1. The van der Waals surface area contributed by atoms with Gasteiger partial charge < -0.3 is 20.7 Å². The highest BCUT2D eigenvalue weighted by Crippen LogP contribution is 2.30. The van der Waals surface area contributed by atoms with E-state index < -0.39 is 5.91 Å². The smallest absolute Gasteiger partial charge is 0.269 e. The number of para-hydroxylation sites is 1. The fraction of sp³-hybridized carbons (Fsp3) is 0.269. The Morgan fingerprint density at radius 2 is 1.79 bits per heavy atom.